The van der Waals surface area contributed by atoms with E-state index in [1.807, 2.05) is 0 Å². The van der Waals surface area contributed by atoms with E-state index in [-0.39, 0.29) is 0 Å². The van der Waals surface area contributed by atoms with Crippen molar-refractivity contribution in [3.8, 4) is 0 Å². The average Bonchev–Trinajstić information content (AvgIpc) is 2.73. The third-order valence-electron chi connectivity index (χ3n) is 2.65. The fourth-order valence-corrected chi connectivity index (χ4v) is 4.11. The molecule has 2 N–H and O–H groups in total. The van der Waals surface area contributed by atoms with E-state index in [9.17, 15) is 0 Å². The molecule has 2 rings (SSSR count). The number of aliphatic imine (C=N–C) groups is 1. The normalized spacial score (nSPS) is 20.2. The van der Waals surface area contributed by atoms with Crippen molar-refractivity contribution in [3.63, 3.8) is 0 Å². The highest BCUT2D eigenvalue weighted by atomic mass is 79.9. The standard InChI is InChI=1S/C11H15Br2N3S/c1-6(2)5-16-8(4-15-11(16)14)9-3-7(12)10(13)17-9/h3,6,8H,4-5H2,1-2H3,(H2,14,15). The molecule has 6 heteroatoms. The van der Waals surface area contributed by atoms with Crippen LogP contribution in [0, 0.1) is 5.92 Å². The third kappa shape index (κ3) is 2.85. The fraction of sp³-hybridized carbons (Fsp3) is 0.545. The van der Waals surface area contributed by atoms with E-state index in [1.54, 1.807) is 11.3 Å². The summed E-state index contributed by atoms with van der Waals surface area (Å²) >= 11 is 8.80. The highest BCUT2D eigenvalue weighted by molar-refractivity contribution is 9.13. The summed E-state index contributed by atoms with van der Waals surface area (Å²) < 4.78 is 2.23. The first-order valence-corrected chi connectivity index (χ1v) is 7.90. The molecule has 0 aliphatic carbocycles. The average molecular weight is 381 g/mol. The summed E-state index contributed by atoms with van der Waals surface area (Å²) in [6.45, 7) is 6.11. The lowest BCUT2D eigenvalue weighted by atomic mass is 10.1. The Hall–Kier alpha value is -0.0700. The SMILES string of the molecule is CC(C)CN1C(N)=NCC1c1cc(Br)c(Br)s1. The van der Waals surface area contributed by atoms with E-state index in [1.165, 1.54) is 4.88 Å². The molecule has 1 aliphatic rings. The third-order valence-corrected chi connectivity index (χ3v) is 6.01. The Morgan fingerprint density at radius 3 is 2.82 bits per heavy atom. The smallest absolute Gasteiger partial charge is 0.191 e. The van der Waals surface area contributed by atoms with Gasteiger partial charge in [0.25, 0.3) is 0 Å². The molecular weight excluding hydrogens is 366 g/mol. The van der Waals surface area contributed by atoms with Gasteiger partial charge in [-0.1, -0.05) is 13.8 Å². The van der Waals surface area contributed by atoms with E-state index in [2.05, 4.69) is 61.7 Å². The molecule has 17 heavy (non-hydrogen) atoms. The van der Waals surface area contributed by atoms with Gasteiger partial charge in [-0.25, -0.2) is 0 Å². The van der Waals surface area contributed by atoms with Crippen LogP contribution >= 0.6 is 43.2 Å². The maximum absolute atomic E-state index is 5.96. The molecule has 0 saturated heterocycles. The van der Waals surface area contributed by atoms with E-state index >= 15 is 0 Å². The summed E-state index contributed by atoms with van der Waals surface area (Å²) in [5.41, 5.74) is 5.96. The first kappa shape index (κ1) is 13.4. The Kier molecular flexibility index (Phi) is 4.15. The maximum Gasteiger partial charge on any atom is 0.191 e. The Balaban J connectivity index is 2.21. The van der Waals surface area contributed by atoms with Gasteiger partial charge < -0.3 is 10.6 Å². The van der Waals surface area contributed by atoms with Crippen molar-refractivity contribution in [2.45, 2.75) is 19.9 Å². The Bertz CT molecular complexity index is 422. The monoisotopic (exact) mass is 379 g/mol. The summed E-state index contributed by atoms with van der Waals surface area (Å²) in [6, 6.07) is 2.45. The minimum atomic E-state index is 0.296. The summed E-state index contributed by atoms with van der Waals surface area (Å²) in [4.78, 5) is 7.87. The summed E-state index contributed by atoms with van der Waals surface area (Å²) in [7, 11) is 0. The zero-order valence-electron chi connectivity index (χ0n) is 9.78. The van der Waals surface area contributed by atoms with E-state index in [4.69, 9.17) is 5.73 Å². The molecule has 94 valence electrons. The molecule has 0 bridgehead atoms. The lowest BCUT2D eigenvalue weighted by molar-refractivity contribution is 0.313. The van der Waals surface area contributed by atoms with Crippen LogP contribution in [0.3, 0.4) is 0 Å². The number of hydrogen-bond acceptors (Lipinski definition) is 4. The molecule has 0 radical (unpaired) electrons. The molecule has 2 heterocycles. The first-order chi connectivity index (χ1) is 7.99. The van der Waals surface area contributed by atoms with Crippen LogP contribution in [-0.2, 0) is 0 Å². The zero-order valence-corrected chi connectivity index (χ0v) is 13.8. The number of nitrogens with zero attached hydrogens (tertiary/aromatic N) is 2. The number of thiophene rings is 1. The molecule has 1 aromatic rings. The number of guanidine groups is 1. The van der Waals surface area contributed by atoms with Crippen LogP contribution < -0.4 is 5.73 Å². The van der Waals surface area contributed by atoms with Gasteiger partial charge in [0.15, 0.2) is 5.96 Å². The van der Waals surface area contributed by atoms with E-state index in [0.29, 0.717) is 17.9 Å². The number of hydrogen-bond donors (Lipinski definition) is 1. The van der Waals surface area contributed by atoms with Crippen molar-refractivity contribution in [3.05, 3.63) is 19.2 Å². The molecule has 0 saturated carbocycles. The molecular formula is C11H15Br2N3S. The topological polar surface area (TPSA) is 41.6 Å². The first-order valence-electron chi connectivity index (χ1n) is 5.50. The number of halogens is 2. The quantitative estimate of drug-likeness (QED) is 0.870. The van der Waals surface area contributed by atoms with Crippen molar-refractivity contribution in [1.82, 2.24) is 4.90 Å². The summed E-state index contributed by atoms with van der Waals surface area (Å²) in [5, 5.41) is 0. The van der Waals surface area contributed by atoms with Crippen molar-refractivity contribution in [2.75, 3.05) is 13.1 Å². The van der Waals surface area contributed by atoms with Crippen LogP contribution in [0.2, 0.25) is 0 Å². The van der Waals surface area contributed by atoms with E-state index < -0.39 is 0 Å². The highest BCUT2D eigenvalue weighted by Gasteiger charge is 2.29. The van der Waals surface area contributed by atoms with Gasteiger partial charge in [-0.15, -0.1) is 11.3 Å². The van der Waals surface area contributed by atoms with Crippen molar-refractivity contribution >= 4 is 49.2 Å². The lowest BCUT2D eigenvalue weighted by Gasteiger charge is -2.27. The van der Waals surface area contributed by atoms with Crippen molar-refractivity contribution in [2.24, 2.45) is 16.6 Å². The van der Waals surface area contributed by atoms with Crippen LogP contribution in [0.25, 0.3) is 0 Å². The van der Waals surface area contributed by atoms with Crippen molar-refractivity contribution in [1.29, 1.82) is 0 Å². The molecule has 1 aliphatic heterocycles. The van der Waals surface area contributed by atoms with Crippen LogP contribution in [0.4, 0.5) is 0 Å². The molecule has 0 amide bonds. The molecule has 0 fully saturated rings. The van der Waals surface area contributed by atoms with Crippen LogP contribution in [0.5, 0.6) is 0 Å². The Labute approximate surface area is 122 Å². The molecule has 0 aromatic carbocycles. The van der Waals surface area contributed by atoms with Gasteiger partial charge in [0.2, 0.25) is 0 Å². The van der Waals surface area contributed by atoms with Gasteiger partial charge in [-0.3, -0.25) is 4.99 Å². The minimum absolute atomic E-state index is 0.296. The molecule has 1 aromatic heterocycles. The second kappa shape index (κ2) is 5.28. The largest absolute Gasteiger partial charge is 0.370 e. The summed E-state index contributed by atoms with van der Waals surface area (Å²) in [5.74, 6) is 1.25. The van der Waals surface area contributed by atoms with Crippen LogP contribution in [-0.4, -0.2) is 23.9 Å². The van der Waals surface area contributed by atoms with Gasteiger partial charge in [-0.2, -0.15) is 0 Å². The van der Waals surface area contributed by atoms with Crippen LogP contribution in [0.15, 0.2) is 19.3 Å². The van der Waals surface area contributed by atoms with Gasteiger partial charge >= 0.3 is 0 Å². The van der Waals surface area contributed by atoms with E-state index in [0.717, 1.165) is 21.3 Å². The lowest BCUT2D eigenvalue weighted by Crippen LogP contribution is -2.38. The predicted molar refractivity (Wildman–Crippen MR) is 80.5 cm³/mol. The molecule has 1 atom stereocenters. The minimum Gasteiger partial charge on any atom is -0.370 e. The predicted octanol–water partition coefficient (Wildman–Crippen LogP) is 3.60. The molecule has 1 unspecified atom stereocenters. The van der Waals surface area contributed by atoms with Gasteiger partial charge in [0, 0.05) is 15.9 Å². The highest BCUT2D eigenvalue weighted by Crippen LogP contribution is 2.38. The number of nitrogens with two attached hydrogens (primary N) is 1. The number of rotatable bonds is 3. The zero-order chi connectivity index (χ0) is 12.6. The second-order valence-electron chi connectivity index (χ2n) is 4.53. The van der Waals surface area contributed by atoms with Gasteiger partial charge in [-0.05, 0) is 43.8 Å². The molecule has 0 spiro atoms. The van der Waals surface area contributed by atoms with Crippen molar-refractivity contribution < 1.29 is 0 Å². The summed E-state index contributed by atoms with van der Waals surface area (Å²) in [6.07, 6.45) is 0. The molecule has 3 nitrogen and oxygen atoms in total. The second-order valence-corrected chi connectivity index (χ2v) is 7.79. The van der Waals surface area contributed by atoms with Crippen LogP contribution in [0.1, 0.15) is 24.8 Å². The Morgan fingerprint density at radius 1 is 1.59 bits per heavy atom. The van der Waals surface area contributed by atoms with Gasteiger partial charge in [0.1, 0.15) is 0 Å². The maximum atomic E-state index is 5.96. The Morgan fingerprint density at radius 2 is 2.29 bits per heavy atom. The fourth-order valence-electron chi connectivity index (χ4n) is 1.91. The van der Waals surface area contributed by atoms with Gasteiger partial charge in [0.05, 0.1) is 16.4 Å².